The number of benzene rings is 1. The summed E-state index contributed by atoms with van der Waals surface area (Å²) in [6.45, 7) is 1.35. The van der Waals surface area contributed by atoms with Gasteiger partial charge in [-0.2, -0.15) is 0 Å². The van der Waals surface area contributed by atoms with E-state index in [4.69, 9.17) is 14.9 Å². The summed E-state index contributed by atoms with van der Waals surface area (Å²) >= 11 is 0. The van der Waals surface area contributed by atoms with E-state index in [1.54, 1.807) is 0 Å². The number of phosphoric acid groups is 1. The average molecular weight is 444 g/mol. The summed E-state index contributed by atoms with van der Waals surface area (Å²) in [6.07, 6.45) is 11.4. The summed E-state index contributed by atoms with van der Waals surface area (Å²) in [5, 5.41) is 11.7. The van der Waals surface area contributed by atoms with E-state index >= 15 is 0 Å². The van der Waals surface area contributed by atoms with Crippen LogP contribution in [0.1, 0.15) is 75.8 Å². The van der Waals surface area contributed by atoms with Crippen molar-refractivity contribution in [3.63, 3.8) is 0 Å². The summed E-state index contributed by atoms with van der Waals surface area (Å²) in [4.78, 5) is 29.2. The number of carbonyl (C=O) groups excluding carboxylic acids is 1. The molecular weight excluding hydrogens is 405 g/mol. The zero-order valence-electron chi connectivity index (χ0n) is 18.1. The predicted octanol–water partition coefficient (Wildman–Crippen LogP) is 3.89. The van der Waals surface area contributed by atoms with Gasteiger partial charge < -0.3 is 20.2 Å². The quantitative estimate of drug-likeness (QED) is 0.214. The van der Waals surface area contributed by atoms with Crippen LogP contribution in [0.4, 0.5) is 0 Å². The summed E-state index contributed by atoms with van der Waals surface area (Å²) in [5.74, 6) is -0.245. The van der Waals surface area contributed by atoms with Crippen LogP contribution in [0.3, 0.4) is 0 Å². The molecule has 0 fully saturated rings. The highest BCUT2D eigenvalue weighted by atomic mass is 31.2. The molecule has 1 amide bonds. The lowest BCUT2D eigenvalue weighted by Gasteiger charge is -2.16. The number of unbranched alkanes of at least 4 members (excludes halogenated alkanes) is 6. The van der Waals surface area contributed by atoms with Crippen LogP contribution in [0, 0.1) is 0 Å². The standard InChI is InChI=1S/C22H38NO6P/c1-2-3-10-19-13-15-20(16-14-19)11-8-6-4-5-7-9-12-22(25)23-21(17-24)18-29-30(26,27)28/h13-16,21,24H,2-12,17-18H2,1H3,(H,23,25)(H2,26,27,28)/t21-/m1/s1. The van der Waals surface area contributed by atoms with Gasteiger partial charge in [0.25, 0.3) is 0 Å². The van der Waals surface area contributed by atoms with Crippen LogP contribution in [0.15, 0.2) is 24.3 Å². The van der Waals surface area contributed by atoms with Crippen LogP contribution in [0.2, 0.25) is 0 Å². The summed E-state index contributed by atoms with van der Waals surface area (Å²) in [6, 6.07) is 8.17. The number of rotatable bonds is 17. The Morgan fingerprint density at radius 3 is 2.03 bits per heavy atom. The number of aryl methyl sites for hydroxylation is 2. The summed E-state index contributed by atoms with van der Waals surface area (Å²) in [5.41, 5.74) is 2.82. The third-order valence-corrected chi connectivity index (χ3v) is 5.48. The molecular formula is C22H38NO6P. The summed E-state index contributed by atoms with van der Waals surface area (Å²) < 4.78 is 15.0. The van der Waals surface area contributed by atoms with Crippen LogP contribution < -0.4 is 5.32 Å². The van der Waals surface area contributed by atoms with E-state index < -0.39 is 27.1 Å². The van der Waals surface area contributed by atoms with Crippen LogP contribution in [0.25, 0.3) is 0 Å². The number of amides is 1. The van der Waals surface area contributed by atoms with Crippen molar-refractivity contribution in [3.8, 4) is 0 Å². The number of hydrogen-bond donors (Lipinski definition) is 4. The summed E-state index contributed by atoms with van der Waals surface area (Å²) in [7, 11) is -4.60. The van der Waals surface area contributed by atoms with Gasteiger partial charge in [0.05, 0.1) is 19.3 Å². The largest absolute Gasteiger partial charge is 0.469 e. The fourth-order valence-electron chi connectivity index (χ4n) is 3.20. The third kappa shape index (κ3) is 13.9. The Labute approximate surface area is 180 Å². The molecule has 0 aliphatic carbocycles. The van der Waals surface area contributed by atoms with Crippen molar-refractivity contribution in [1.82, 2.24) is 5.32 Å². The number of nitrogens with one attached hydrogen (secondary N) is 1. The number of hydrogen-bond acceptors (Lipinski definition) is 4. The van der Waals surface area contributed by atoms with Gasteiger partial charge in [0, 0.05) is 6.42 Å². The number of phosphoric ester groups is 1. The second kappa shape index (κ2) is 15.5. The van der Waals surface area contributed by atoms with Crippen LogP contribution in [-0.2, 0) is 26.7 Å². The first kappa shape index (κ1) is 26.8. The lowest BCUT2D eigenvalue weighted by molar-refractivity contribution is -0.122. The van der Waals surface area contributed by atoms with E-state index in [1.807, 2.05) is 0 Å². The highest BCUT2D eigenvalue weighted by Crippen LogP contribution is 2.35. The Kier molecular flexibility index (Phi) is 13.9. The zero-order chi connectivity index (χ0) is 22.2. The van der Waals surface area contributed by atoms with Gasteiger partial charge in [-0.3, -0.25) is 9.32 Å². The first-order valence-electron chi connectivity index (χ1n) is 11.0. The number of carbonyl (C=O) groups is 1. The van der Waals surface area contributed by atoms with E-state index in [0.717, 1.165) is 38.5 Å². The second-order valence-electron chi connectivity index (χ2n) is 7.77. The molecule has 0 aliphatic rings. The molecule has 0 aliphatic heterocycles. The fourth-order valence-corrected chi connectivity index (χ4v) is 3.58. The molecule has 30 heavy (non-hydrogen) atoms. The molecule has 1 aromatic carbocycles. The monoisotopic (exact) mass is 443 g/mol. The lowest BCUT2D eigenvalue weighted by atomic mass is 10.0. The van der Waals surface area contributed by atoms with Gasteiger partial charge in [-0.05, 0) is 43.2 Å². The Morgan fingerprint density at radius 2 is 1.50 bits per heavy atom. The average Bonchev–Trinajstić information content (AvgIpc) is 2.71. The molecule has 172 valence electrons. The molecule has 0 aromatic heterocycles. The van der Waals surface area contributed by atoms with E-state index in [9.17, 15) is 9.36 Å². The Morgan fingerprint density at radius 1 is 0.967 bits per heavy atom. The van der Waals surface area contributed by atoms with Gasteiger partial charge in [-0.25, -0.2) is 4.57 Å². The molecule has 4 N–H and O–H groups in total. The van der Waals surface area contributed by atoms with Crippen molar-refractivity contribution in [2.45, 2.75) is 83.6 Å². The Bertz CT molecular complexity index is 631. The minimum Gasteiger partial charge on any atom is -0.394 e. The molecule has 0 spiro atoms. The van der Waals surface area contributed by atoms with Crippen LogP contribution >= 0.6 is 7.82 Å². The second-order valence-corrected chi connectivity index (χ2v) is 9.01. The molecule has 0 bridgehead atoms. The highest BCUT2D eigenvalue weighted by molar-refractivity contribution is 7.46. The van der Waals surface area contributed by atoms with Gasteiger partial charge in [0.1, 0.15) is 0 Å². The van der Waals surface area contributed by atoms with Crippen LogP contribution in [-0.4, -0.2) is 40.1 Å². The van der Waals surface area contributed by atoms with Crippen molar-refractivity contribution >= 4 is 13.7 Å². The van der Waals surface area contributed by atoms with E-state index in [-0.39, 0.29) is 5.91 Å². The maximum Gasteiger partial charge on any atom is 0.469 e. The van der Waals surface area contributed by atoms with Crippen molar-refractivity contribution in [3.05, 3.63) is 35.4 Å². The molecule has 7 nitrogen and oxygen atoms in total. The molecule has 0 heterocycles. The molecule has 0 saturated carbocycles. The molecule has 1 rings (SSSR count). The zero-order valence-corrected chi connectivity index (χ0v) is 19.0. The fraction of sp³-hybridized carbons (Fsp3) is 0.682. The topological polar surface area (TPSA) is 116 Å². The molecule has 1 aromatic rings. The SMILES string of the molecule is CCCCc1ccc(CCCCCCCCC(=O)N[C@H](CO)COP(=O)(O)O)cc1. The minimum atomic E-state index is -4.60. The van der Waals surface area contributed by atoms with Gasteiger partial charge >= 0.3 is 7.82 Å². The molecule has 0 saturated heterocycles. The normalized spacial score (nSPS) is 12.7. The smallest absolute Gasteiger partial charge is 0.394 e. The lowest BCUT2D eigenvalue weighted by Crippen LogP contribution is -2.40. The van der Waals surface area contributed by atoms with Crippen molar-refractivity contribution in [2.24, 2.45) is 0 Å². The van der Waals surface area contributed by atoms with E-state index in [2.05, 4.69) is 41.0 Å². The molecule has 8 heteroatoms. The maximum absolute atomic E-state index is 11.8. The Hall–Kier alpha value is -1.24. The van der Waals surface area contributed by atoms with Gasteiger partial charge in [0.15, 0.2) is 0 Å². The van der Waals surface area contributed by atoms with Crippen molar-refractivity contribution in [2.75, 3.05) is 13.2 Å². The van der Waals surface area contributed by atoms with Crippen LogP contribution in [0.5, 0.6) is 0 Å². The first-order valence-corrected chi connectivity index (χ1v) is 12.5. The van der Waals surface area contributed by atoms with Gasteiger partial charge in [-0.1, -0.05) is 63.3 Å². The predicted molar refractivity (Wildman–Crippen MR) is 118 cm³/mol. The van der Waals surface area contributed by atoms with Gasteiger partial charge in [0.2, 0.25) is 5.91 Å². The molecule has 0 unspecified atom stereocenters. The maximum atomic E-state index is 11.8. The Balaban J connectivity index is 2.04. The van der Waals surface area contributed by atoms with E-state index in [0.29, 0.717) is 6.42 Å². The number of aliphatic hydroxyl groups is 1. The van der Waals surface area contributed by atoms with E-state index in [1.165, 1.54) is 36.8 Å². The number of aliphatic hydroxyl groups excluding tert-OH is 1. The molecule has 1 atom stereocenters. The first-order chi connectivity index (χ1) is 14.3. The third-order valence-electron chi connectivity index (χ3n) is 4.99. The molecule has 0 radical (unpaired) electrons. The van der Waals surface area contributed by atoms with Gasteiger partial charge in [-0.15, -0.1) is 0 Å². The van der Waals surface area contributed by atoms with Crippen molar-refractivity contribution < 1.29 is 28.8 Å². The van der Waals surface area contributed by atoms with Crippen molar-refractivity contribution in [1.29, 1.82) is 0 Å². The highest BCUT2D eigenvalue weighted by Gasteiger charge is 2.19. The minimum absolute atomic E-state index is 0.245.